The number of fused-ring (bicyclic) bond motifs is 1. The number of aromatic nitrogens is 2. The highest BCUT2D eigenvalue weighted by molar-refractivity contribution is 5.96. The first-order valence-corrected chi connectivity index (χ1v) is 9.55. The van der Waals surface area contributed by atoms with E-state index in [2.05, 4.69) is 17.2 Å². The lowest BCUT2D eigenvalue weighted by atomic mass is 9.88. The van der Waals surface area contributed by atoms with Gasteiger partial charge in [0, 0.05) is 45.3 Å². The number of hydrogen-bond donors (Lipinski definition) is 0. The van der Waals surface area contributed by atoms with Gasteiger partial charge in [0.2, 0.25) is 5.91 Å². The third kappa shape index (κ3) is 3.65. The zero-order valence-electron chi connectivity index (χ0n) is 16.6. The van der Waals surface area contributed by atoms with Gasteiger partial charge in [0.05, 0.1) is 11.3 Å². The summed E-state index contributed by atoms with van der Waals surface area (Å²) in [5, 5.41) is 4.37. The highest BCUT2D eigenvalue weighted by Crippen LogP contribution is 2.33. The lowest BCUT2D eigenvalue weighted by Gasteiger charge is -2.34. The molecule has 28 heavy (non-hydrogen) atoms. The Morgan fingerprint density at radius 1 is 1.11 bits per heavy atom. The highest BCUT2D eigenvalue weighted by atomic mass is 35.5. The minimum absolute atomic E-state index is 0. The summed E-state index contributed by atoms with van der Waals surface area (Å²) < 4.78 is 1.76. The average Bonchev–Trinajstić information content (AvgIpc) is 3.16. The molecule has 4 rings (SSSR count). The fourth-order valence-electron chi connectivity index (χ4n) is 4.48. The molecule has 2 amide bonds. The molecule has 0 aliphatic carbocycles. The van der Waals surface area contributed by atoms with Crippen molar-refractivity contribution in [1.82, 2.24) is 19.6 Å². The van der Waals surface area contributed by atoms with Gasteiger partial charge in [-0.05, 0) is 31.2 Å². The monoisotopic (exact) mass is 402 g/mol. The molecule has 0 spiro atoms. The fourth-order valence-corrected chi connectivity index (χ4v) is 4.48. The zero-order chi connectivity index (χ0) is 19.1. The van der Waals surface area contributed by atoms with Crippen molar-refractivity contribution in [2.24, 2.45) is 18.9 Å². The predicted molar refractivity (Wildman–Crippen MR) is 109 cm³/mol. The van der Waals surface area contributed by atoms with Crippen LogP contribution in [0.5, 0.6) is 0 Å². The maximum atomic E-state index is 13.1. The molecule has 0 saturated carbocycles. The number of aryl methyl sites for hydroxylation is 2. The van der Waals surface area contributed by atoms with E-state index in [9.17, 15) is 9.59 Å². The Morgan fingerprint density at radius 3 is 2.43 bits per heavy atom. The minimum Gasteiger partial charge on any atom is -0.338 e. The largest absolute Gasteiger partial charge is 0.338 e. The zero-order valence-corrected chi connectivity index (χ0v) is 17.4. The van der Waals surface area contributed by atoms with Crippen molar-refractivity contribution in [2.75, 3.05) is 19.6 Å². The summed E-state index contributed by atoms with van der Waals surface area (Å²) in [7, 11) is 1.86. The highest BCUT2D eigenvalue weighted by Gasteiger charge is 2.42. The van der Waals surface area contributed by atoms with Crippen molar-refractivity contribution in [2.45, 2.75) is 26.8 Å². The van der Waals surface area contributed by atoms with Crippen molar-refractivity contribution in [3.8, 4) is 0 Å². The molecule has 1 aromatic heterocycles. The number of piperidine rings is 1. The van der Waals surface area contributed by atoms with Crippen LogP contribution in [-0.4, -0.2) is 51.0 Å². The van der Waals surface area contributed by atoms with E-state index in [1.165, 1.54) is 0 Å². The molecule has 0 radical (unpaired) electrons. The van der Waals surface area contributed by atoms with Gasteiger partial charge in [-0.25, -0.2) is 0 Å². The first-order valence-electron chi connectivity index (χ1n) is 9.55. The van der Waals surface area contributed by atoms with E-state index in [1.54, 1.807) is 4.68 Å². The molecule has 7 heteroatoms. The standard InChI is InChI=1S/C21H26N4O2.ClH/c1-14-20(15(2)23(3)22-14)21(27)25-11-17-9-19(26)24(12-18(17)13-25)10-16-7-5-4-6-8-16;/h4-8,17-18H,9-13H2,1-3H3;1H/t17-,18+;/m0./s1. The number of likely N-dealkylation sites (tertiary alicyclic amines) is 2. The summed E-state index contributed by atoms with van der Waals surface area (Å²) in [5.74, 6) is 0.871. The molecule has 0 N–H and O–H groups in total. The number of carbonyl (C=O) groups is 2. The number of amides is 2. The van der Waals surface area contributed by atoms with Crippen LogP contribution < -0.4 is 0 Å². The second-order valence-electron chi connectivity index (χ2n) is 7.86. The van der Waals surface area contributed by atoms with Crippen LogP contribution in [0.3, 0.4) is 0 Å². The Labute approximate surface area is 171 Å². The number of halogens is 1. The van der Waals surface area contributed by atoms with E-state index >= 15 is 0 Å². The van der Waals surface area contributed by atoms with Gasteiger partial charge in [-0.3, -0.25) is 14.3 Å². The summed E-state index contributed by atoms with van der Waals surface area (Å²) in [6, 6.07) is 10.1. The summed E-state index contributed by atoms with van der Waals surface area (Å²) in [6.07, 6.45) is 0.534. The van der Waals surface area contributed by atoms with Gasteiger partial charge in [-0.1, -0.05) is 30.3 Å². The minimum atomic E-state index is 0. The smallest absolute Gasteiger partial charge is 0.257 e. The summed E-state index contributed by atoms with van der Waals surface area (Å²) in [5.41, 5.74) is 3.53. The molecule has 2 aliphatic rings. The van der Waals surface area contributed by atoms with Gasteiger partial charge in [-0.2, -0.15) is 5.10 Å². The van der Waals surface area contributed by atoms with Crippen LogP contribution in [0.15, 0.2) is 30.3 Å². The van der Waals surface area contributed by atoms with Crippen molar-refractivity contribution in [1.29, 1.82) is 0 Å². The van der Waals surface area contributed by atoms with Gasteiger partial charge < -0.3 is 9.80 Å². The van der Waals surface area contributed by atoms with Crippen LogP contribution in [0.25, 0.3) is 0 Å². The van der Waals surface area contributed by atoms with Gasteiger partial charge >= 0.3 is 0 Å². The molecular weight excluding hydrogens is 376 g/mol. The molecule has 2 saturated heterocycles. The van der Waals surface area contributed by atoms with Crippen molar-refractivity contribution in [3.05, 3.63) is 52.8 Å². The Balaban J connectivity index is 0.00000225. The Hall–Kier alpha value is -2.34. The van der Waals surface area contributed by atoms with E-state index in [1.807, 2.05) is 48.9 Å². The molecule has 2 fully saturated rings. The maximum Gasteiger partial charge on any atom is 0.257 e. The van der Waals surface area contributed by atoms with Gasteiger partial charge in [0.15, 0.2) is 0 Å². The molecule has 2 atom stereocenters. The Kier molecular flexibility index (Phi) is 5.79. The molecule has 0 unspecified atom stereocenters. The van der Waals surface area contributed by atoms with E-state index < -0.39 is 0 Å². The summed E-state index contributed by atoms with van der Waals surface area (Å²) >= 11 is 0. The number of rotatable bonds is 3. The van der Waals surface area contributed by atoms with Crippen LogP contribution in [0.2, 0.25) is 0 Å². The molecular formula is C21H27ClN4O2. The quantitative estimate of drug-likeness (QED) is 0.792. The molecule has 1 aromatic carbocycles. The average molecular weight is 403 g/mol. The van der Waals surface area contributed by atoms with E-state index in [4.69, 9.17) is 0 Å². The first kappa shape index (κ1) is 20.4. The summed E-state index contributed by atoms with van der Waals surface area (Å²) in [6.45, 7) is 6.58. The third-order valence-electron chi connectivity index (χ3n) is 6.05. The predicted octanol–water partition coefficient (Wildman–Crippen LogP) is 2.58. The molecule has 0 bridgehead atoms. The number of benzene rings is 1. The fraction of sp³-hybridized carbons (Fsp3) is 0.476. The van der Waals surface area contributed by atoms with Crippen molar-refractivity contribution >= 4 is 24.2 Å². The second kappa shape index (κ2) is 7.95. The maximum absolute atomic E-state index is 13.1. The van der Waals surface area contributed by atoms with Crippen molar-refractivity contribution in [3.63, 3.8) is 0 Å². The lowest BCUT2D eigenvalue weighted by Crippen LogP contribution is -2.43. The molecule has 3 heterocycles. The van der Waals surface area contributed by atoms with E-state index in [0.717, 1.165) is 30.0 Å². The van der Waals surface area contributed by atoms with E-state index in [0.29, 0.717) is 31.0 Å². The number of hydrogen-bond acceptors (Lipinski definition) is 3. The van der Waals surface area contributed by atoms with E-state index in [-0.39, 0.29) is 30.1 Å². The second-order valence-corrected chi connectivity index (χ2v) is 7.86. The van der Waals surface area contributed by atoms with Crippen LogP contribution in [-0.2, 0) is 18.4 Å². The van der Waals surface area contributed by atoms with Crippen LogP contribution in [0, 0.1) is 25.7 Å². The van der Waals surface area contributed by atoms with Gasteiger partial charge in [0.1, 0.15) is 0 Å². The number of carbonyl (C=O) groups excluding carboxylic acids is 2. The molecule has 2 aliphatic heterocycles. The Bertz CT molecular complexity index is 880. The van der Waals surface area contributed by atoms with Crippen LogP contribution in [0.1, 0.15) is 33.7 Å². The Morgan fingerprint density at radius 2 is 1.79 bits per heavy atom. The molecule has 150 valence electrons. The van der Waals surface area contributed by atoms with Crippen LogP contribution in [0.4, 0.5) is 0 Å². The SMILES string of the molecule is Cc1nn(C)c(C)c1C(=O)N1C[C@H]2CN(Cc3ccccc3)C(=O)C[C@H]2C1.Cl. The first-order chi connectivity index (χ1) is 12.9. The number of nitrogens with zero attached hydrogens (tertiary/aromatic N) is 4. The van der Waals surface area contributed by atoms with Gasteiger partial charge in [-0.15, -0.1) is 12.4 Å². The third-order valence-corrected chi connectivity index (χ3v) is 6.05. The topological polar surface area (TPSA) is 58.4 Å². The lowest BCUT2D eigenvalue weighted by molar-refractivity contribution is -0.136. The van der Waals surface area contributed by atoms with Gasteiger partial charge in [0.25, 0.3) is 5.91 Å². The molecule has 6 nitrogen and oxygen atoms in total. The molecule has 2 aromatic rings. The normalized spacial score (nSPS) is 21.5. The summed E-state index contributed by atoms with van der Waals surface area (Å²) in [4.78, 5) is 29.6. The van der Waals surface area contributed by atoms with Crippen molar-refractivity contribution < 1.29 is 9.59 Å². The van der Waals surface area contributed by atoms with Crippen LogP contribution >= 0.6 is 12.4 Å².